The van der Waals surface area contributed by atoms with Crippen molar-refractivity contribution in [3.8, 4) is 0 Å². The number of halogens is 1. The number of piperazine rings is 1. The lowest BCUT2D eigenvalue weighted by Crippen LogP contribution is -2.71. The molecule has 188 valence electrons. The van der Waals surface area contributed by atoms with Crippen molar-refractivity contribution >= 4 is 69.4 Å². The van der Waals surface area contributed by atoms with Gasteiger partial charge in [-0.2, -0.15) is 0 Å². The summed E-state index contributed by atoms with van der Waals surface area (Å²) >= 11 is 14.4. The summed E-state index contributed by atoms with van der Waals surface area (Å²) in [7, 11) is 4.38. The summed E-state index contributed by atoms with van der Waals surface area (Å²) in [4.78, 5) is 40.7. The topological polar surface area (TPSA) is 92.8 Å². The molecule has 1 aromatic carbocycles. The number of rotatable bonds is 6. The summed E-state index contributed by atoms with van der Waals surface area (Å²) in [5.74, 6) is -1.34. The van der Waals surface area contributed by atoms with E-state index >= 15 is 0 Å². The number of β-lactam (4-membered cyclic amide) rings is 1. The molecule has 0 aliphatic carbocycles. The number of thiocarbonyl (C=S) groups is 1. The molecule has 0 aromatic heterocycles. The van der Waals surface area contributed by atoms with Crippen molar-refractivity contribution in [2.24, 2.45) is 0 Å². The van der Waals surface area contributed by atoms with E-state index in [0.29, 0.717) is 22.1 Å². The molecule has 2 fully saturated rings. The van der Waals surface area contributed by atoms with Crippen LogP contribution in [-0.4, -0.2) is 99.6 Å². The molecule has 3 heterocycles. The Bertz CT molecular complexity index is 1090. The van der Waals surface area contributed by atoms with Crippen LogP contribution in [0.4, 0.5) is 0 Å². The third-order valence-electron chi connectivity index (χ3n) is 6.39. The van der Waals surface area contributed by atoms with Gasteiger partial charge < -0.3 is 24.6 Å². The highest BCUT2D eigenvalue weighted by Gasteiger charge is 2.52. The number of carbonyl (C=O) groups excluding carboxylic acids is 3. The van der Waals surface area contributed by atoms with E-state index in [1.165, 1.54) is 28.4 Å². The smallest absolute Gasteiger partial charge is 0.253 e. The summed E-state index contributed by atoms with van der Waals surface area (Å²) in [6, 6.07) is 6.18. The average Bonchev–Trinajstić information content (AvgIpc) is 2.80. The van der Waals surface area contributed by atoms with E-state index in [4.69, 9.17) is 23.8 Å². The predicted molar refractivity (Wildman–Crippen MR) is 141 cm³/mol. The Morgan fingerprint density at radius 3 is 2.69 bits per heavy atom. The Morgan fingerprint density at radius 1 is 1.31 bits per heavy atom. The zero-order valence-corrected chi connectivity index (χ0v) is 22.7. The number of aliphatic carboxylic acids is 1. The zero-order chi connectivity index (χ0) is 25.3. The number of benzene rings is 1. The minimum absolute atomic E-state index is 0.0802. The molecule has 2 atom stereocenters. The SMILES string of the molecule is C[N+]1(C)CCN(C(=S)SCC2=C(C(=O)[O-])N3C(=O)C(NC(=O)Cc4cccc(Cl)c4)C3SC2)CC1. The lowest BCUT2D eigenvalue weighted by molar-refractivity contribution is -0.893. The molecule has 1 aromatic rings. The van der Waals surface area contributed by atoms with Gasteiger partial charge in [-0.05, 0) is 23.3 Å². The number of nitrogens with one attached hydrogen (secondary N) is 1. The molecule has 2 unspecified atom stereocenters. The molecule has 35 heavy (non-hydrogen) atoms. The quantitative estimate of drug-likeness (QED) is 0.312. The van der Waals surface area contributed by atoms with Crippen molar-refractivity contribution in [1.29, 1.82) is 0 Å². The Labute approximate surface area is 223 Å². The van der Waals surface area contributed by atoms with Gasteiger partial charge in [-0.15, -0.1) is 11.8 Å². The fraction of sp³-hybridized carbons (Fsp3) is 0.478. The maximum Gasteiger partial charge on any atom is 0.253 e. The fourth-order valence-corrected chi connectivity index (χ4v) is 7.22. The summed E-state index contributed by atoms with van der Waals surface area (Å²) in [5, 5.41) is 14.8. The van der Waals surface area contributed by atoms with Crippen molar-refractivity contribution in [1.82, 2.24) is 15.1 Å². The van der Waals surface area contributed by atoms with Crippen molar-refractivity contribution in [2.45, 2.75) is 17.8 Å². The van der Waals surface area contributed by atoms with Gasteiger partial charge in [0, 0.05) is 16.5 Å². The number of amides is 2. The fourth-order valence-electron chi connectivity index (χ4n) is 4.27. The molecule has 0 saturated carbocycles. The Morgan fingerprint density at radius 2 is 2.03 bits per heavy atom. The zero-order valence-electron chi connectivity index (χ0n) is 19.5. The van der Waals surface area contributed by atoms with E-state index in [1.807, 2.05) is 0 Å². The first-order valence-electron chi connectivity index (χ1n) is 11.2. The number of carboxylic acids is 1. The van der Waals surface area contributed by atoms with E-state index in [1.54, 1.807) is 24.3 Å². The van der Waals surface area contributed by atoms with Crippen molar-refractivity contribution in [3.05, 3.63) is 46.1 Å². The number of likely N-dealkylation sites (N-methyl/N-ethyl adjacent to an activating group) is 1. The van der Waals surface area contributed by atoms with Crippen molar-refractivity contribution in [3.63, 3.8) is 0 Å². The van der Waals surface area contributed by atoms with Gasteiger partial charge in [0.15, 0.2) is 0 Å². The summed E-state index contributed by atoms with van der Waals surface area (Å²) < 4.78 is 1.69. The Hall–Kier alpha value is -1.79. The summed E-state index contributed by atoms with van der Waals surface area (Å²) in [5.41, 5.74) is 1.26. The molecule has 8 nitrogen and oxygen atoms in total. The molecule has 4 rings (SSSR count). The first-order chi connectivity index (χ1) is 16.6. The number of fused-ring (bicyclic) bond motifs is 1. The van der Waals surface area contributed by atoms with Crippen LogP contribution in [0.3, 0.4) is 0 Å². The number of carbonyl (C=O) groups is 3. The van der Waals surface area contributed by atoms with Crippen LogP contribution in [0.2, 0.25) is 5.02 Å². The van der Waals surface area contributed by atoms with Crippen molar-refractivity contribution in [2.75, 3.05) is 51.8 Å². The monoisotopic (exact) mass is 554 g/mol. The first-order valence-corrected chi connectivity index (χ1v) is 14.0. The molecule has 2 saturated heterocycles. The molecular formula is C23H27ClN4O4S3. The maximum absolute atomic E-state index is 12.9. The number of hydrogen-bond donors (Lipinski definition) is 1. The minimum Gasteiger partial charge on any atom is -0.543 e. The summed E-state index contributed by atoms with van der Waals surface area (Å²) in [6.07, 6.45) is 0.0802. The maximum atomic E-state index is 12.9. The Balaban J connectivity index is 1.37. The van der Waals surface area contributed by atoms with Crippen LogP contribution in [0.1, 0.15) is 5.56 Å². The van der Waals surface area contributed by atoms with Crippen LogP contribution >= 0.6 is 47.3 Å². The second kappa shape index (κ2) is 10.7. The standard InChI is InChI=1S/C23H27ClN4O4S3/c1-28(2)8-6-26(7-9-28)23(33)35-13-15-12-34-21-18(20(30)27(21)19(15)22(31)32)25-17(29)11-14-4-3-5-16(24)10-14/h3-5,10,18,21H,6-9,11-13H2,1-2H3,(H-,25,29,31,32). The van der Waals surface area contributed by atoms with Gasteiger partial charge in [0.2, 0.25) is 5.91 Å². The van der Waals surface area contributed by atoms with Crippen LogP contribution in [0.25, 0.3) is 0 Å². The second-order valence-corrected chi connectivity index (χ2v) is 12.6. The highest BCUT2D eigenvalue weighted by Crippen LogP contribution is 2.41. The average molecular weight is 555 g/mol. The lowest BCUT2D eigenvalue weighted by Gasteiger charge is -2.51. The van der Waals surface area contributed by atoms with Crippen LogP contribution in [0.15, 0.2) is 35.5 Å². The Kier molecular flexibility index (Phi) is 8.02. The third kappa shape index (κ3) is 5.96. The van der Waals surface area contributed by atoms with E-state index in [2.05, 4.69) is 24.3 Å². The highest BCUT2D eigenvalue weighted by molar-refractivity contribution is 8.23. The lowest BCUT2D eigenvalue weighted by atomic mass is 10.0. The third-order valence-corrected chi connectivity index (χ3v) is 9.57. The van der Waals surface area contributed by atoms with Crippen LogP contribution in [-0.2, 0) is 20.8 Å². The van der Waals surface area contributed by atoms with E-state index in [9.17, 15) is 19.5 Å². The molecule has 3 aliphatic heterocycles. The molecular weight excluding hydrogens is 528 g/mol. The van der Waals surface area contributed by atoms with Gasteiger partial charge in [0.05, 0.1) is 58.4 Å². The largest absolute Gasteiger partial charge is 0.543 e. The van der Waals surface area contributed by atoms with Gasteiger partial charge in [-0.25, -0.2) is 0 Å². The van der Waals surface area contributed by atoms with E-state index in [-0.39, 0.29) is 18.0 Å². The molecule has 12 heteroatoms. The number of hydrogen-bond acceptors (Lipinski definition) is 7. The number of thioether (sulfide) groups is 2. The molecule has 0 radical (unpaired) electrons. The second-order valence-electron chi connectivity index (χ2n) is 9.43. The van der Waals surface area contributed by atoms with Crippen molar-refractivity contribution < 1.29 is 24.0 Å². The molecule has 0 spiro atoms. The summed E-state index contributed by atoms with van der Waals surface area (Å²) in [6.45, 7) is 3.72. The van der Waals surface area contributed by atoms with E-state index in [0.717, 1.165) is 40.5 Å². The molecule has 1 N–H and O–H groups in total. The number of nitrogens with zero attached hydrogens (tertiary/aromatic N) is 3. The molecule has 0 bridgehead atoms. The molecule has 2 amide bonds. The van der Waals surface area contributed by atoms with Gasteiger partial charge in [-0.1, -0.05) is 47.7 Å². The number of quaternary nitrogens is 1. The van der Waals surface area contributed by atoms with E-state index < -0.39 is 23.3 Å². The highest BCUT2D eigenvalue weighted by atomic mass is 35.5. The van der Waals surface area contributed by atoms with Gasteiger partial charge >= 0.3 is 0 Å². The minimum atomic E-state index is -1.38. The van der Waals surface area contributed by atoms with Gasteiger partial charge in [0.1, 0.15) is 15.7 Å². The normalized spacial score (nSPS) is 23.5. The molecule has 3 aliphatic rings. The first kappa shape index (κ1) is 26.3. The van der Waals surface area contributed by atoms with Crippen LogP contribution in [0.5, 0.6) is 0 Å². The number of carboxylic acid groups (broad SMARTS) is 1. The predicted octanol–water partition coefficient (Wildman–Crippen LogP) is 0.697. The van der Waals surface area contributed by atoms with Gasteiger partial charge in [0.25, 0.3) is 5.91 Å². The van der Waals surface area contributed by atoms with Gasteiger partial charge in [-0.3, -0.25) is 14.5 Å². The van der Waals surface area contributed by atoms with Crippen LogP contribution in [0, 0.1) is 0 Å². The van der Waals surface area contributed by atoms with Crippen LogP contribution < -0.4 is 10.4 Å².